The molecule has 0 spiro atoms. The Labute approximate surface area is 105 Å². The van der Waals surface area contributed by atoms with E-state index in [4.69, 9.17) is 10.8 Å². The summed E-state index contributed by atoms with van der Waals surface area (Å²) in [6.45, 7) is 4.27. The highest BCUT2D eigenvalue weighted by molar-refractivity contribution is 5.85. The lowest BCUT2D eigenvalue weighted by atomic mass is 9.93. The van der Waals surface area contributed by atoms with E-state index in [1.54, 1.807) is 26.0 Å². The lowest BCUT2D eigenvalue weighted by molar-refractivity contribution is -0.125. The average molecular weight is 251 g/mol. The Balaban J connectivity index is 2.57. The topological polar surface area (TPSA) is 105 Å². The Kier molecular flexibility index (Phi) is 4.38. The zero-order valence-corrected chi connectivity index (χ0v) is 10.4. The van der Waals surface area contributed by atoms with E-state index in [1.165, 1.54) is 6.07 Å². The van der Waals surface area contributed by atoms with Gasteiger partial charge in [-0.2, -0.15) is 0 Å². The molecule has 0 atom stereocenters. The van der Waals surface area contributed by atoms with Crippen molar-refractivity contribution in [3.05, 3.63) is 29.6 Å². The minimum Gasteiger partial charge on any atom is -0.477 e. The standard InChI is InChI=1S/C12H17N3O3/c1-12(2,11(13)18)7-14-6-8-4-3-5-9(15-8)10(16)17/h3-5,14H,6-7H2,1-2H3,(H2,13,18)(H,16,17). The molecule has 0 saturated heterocycles. The number of hydrogen-bond donors (Lipinski definition) is 3. The Morgan fingerprint density at radius 3 is 2.67 bits per heavy atom. The number of aromatic carboxylic acids is 1. The van der Waals surface area contributed by atoms with Crippen LogP contribution in [0.2, 0.25) is 0 Å². The molecular formula is C12H17N3O3. The first-order valence-electron chi connectivity index (χ1n) is 5.53. The van der Waals surface area contributed by atoms with Crippen molar-refractivity contribution in [1.29, 1.82) is 0 Å². The summed E-state index contributed by atoms with van der Waals surface area (Å²) in [6, 6.07) is 4.78. The second-order valence-electron chi connectivity index (χ2n) is 4.67. The fourth-order valence-electron chi connectivity index (χ4n) is 1.29. The summed E-state index contributed by atoms with van der Waals surface area (Å²) in [7, 11) is 0. The highest BCUT2D eigenvalue weighted by Crippen LogP contribution is 2.12. The molecule has 1 aromatic rings. The van der Waals surface area contributed by atoms with Crippen LogP contribution in [0.1, 0.15) is 30.0 Å². The van der Waals surface area contributed by atoms with Gasteiger partial charge in [0.25, 0.3) is 0 Å². The number of nitrogens with two attached hydrogens (primary N) is 1. The van der Waals surface area contributed by atoms with Gasteiger partial charge in [-0.05, 0) is 26.0 Å². The molecule has 0 fully saturated rings. The highest BCUT2D eigenvalue weighted by atomic mass is 16.4. The maximum absolute atomic E-state index is 11.1. The number of nitrogens with zero attached hydrogens (tertiary/aromatic N) is 1. The van der Waals surface area contributed by atoms with Crippen molar-refractivity contribution in [2.24, 2.45) is 11.1 Å². The van der Waals surface area contributed by atoms with Crippen LogP contribution in [-0.4, -0.2) is 28.5 Å². The van der Waals surface area contributed by atoms with E-state index < -0.39 is 11.4 Å². The van der Waals surface area contributed by atoms with E-state index in [0.29, 0.717) is 18.8 Å². The van der Waals surface area contributed by atoms with Crippen molar-refractivity contribution >= 4 is 11.9 Å². The first-order chi connectivity index (χ1) is 8.33. The number of primary amides is 1. The van der Waals surface area contributed by atoms with Crippen molar-refractivity contribution in [2.75, 3.05) is 6.54 Å². The summed E-state index contributed by atoms with van der Waals surface area (Å²) in [5, 5.41) is 11.8. The molecule has 0 unspecified atom stereocenters. The molecule has 0 aliphatic heterocycles. The molecule has 0 aliphatic carbocycles. The number of carbonyl (C=O) groups excluding carboxylic acids is 1. The van der Waals surface area contributed by atoms with E-state index >= 15 is 0 Å². The zero-order chi connectivity index (χ0) is 13.8. The van der Waals surface area contributed by atoms with Gasteiger partial charge in [0.05, 0.1) is 11.1 Å². The van der Waals surface area contributed by atoms with Gasteiger partial charge in [0.15, 0.2) is 0 Å². The van der Waals surface area contributed by atoms with Crippen molar-refractivity contribution in [2.45, 2.75) is 20.4 Å². The van der Waals surface area contributed by atoms with Crippen molar-refractivity contribution in [3.63, 3.8) is 0 Å². The van der Waals surface area contributed by atoms with Crippen LogP contribution < -0.4 is 11.1 Å². The van der Waals surface area contributed by atoms with E-state index in [9.17, 15) is 9.59 Å². The van der Waals surface area contributed by atoms with Gasteiger partial charge in [-0.1, -0.05) is 6.07 Å². The van der Waals surface area contributed by atoms with E-state index in [-0.39, 0.29) is 11.6 Å². The summed E-state index contributed by atoms with van der Waals surface area (Å²) in [5.74, 6) is -1.45. The van der Waals surface area contributed by atoms with Gasteiger partial charge in [-0.15, -0.1) is 0 Å². The third kappa shape index (κ3) is 3.81. The van der Waals surface area contributed by atoms with E-state index in [2.05, 4.69) is 10.3 Å². The fraction of sp³-hybridized carbons (Fsp3) is 0.417. The first-order valence-corrected chi connectivity index (χ1v) is 5.53. The maximum Gasteiger partial charge on any atom is 0.354 e. The van der Waals surface area contributed by atoms with Gasteiger partial charge in [-0.3, -0.25) is 4.79 Å². The number of carboxylic acid groups (broad SMARTS) is 1. The third-order valence-electron chi connectivity index (χ3n) is 2.57. The Morgan fingerprint density at radius 2 is 2.11 bits per heavy atom. The number of aromatic nitrogens is 1. The number of rotatable bonds is 6. The molecule has 6 heteroatoms. The summed E-state index contributed by atoms with van der Waals surface area (Å²) >= 11 is 0. The molecule has 0 saturated carbocycles. The van der Waals surface area contributed by atoms with Crippen LogP contribution in [0.15, 0.2) is 18.2 Å². The first kappa shape index (κ1) is 14.1. The third-order valence-corrected chi connectivity index (χ3v) is 2.57. The van der Waals surface area contributed by atoms with Crippen molar-refractivity contribution in [1.82, 2.24) is 10.3 Å². The van der Waals surface area contributed by atoms with Crippen LogP contribution in [-0.2, 0) is 11.3 Å². The second kappa shape index (κ2) is 5.59. The van der Waals surface area contributed by atoms with E-state index in [0.717, 1.165) is 0 Å². The Hall–Kier alpha value is -1.95. The van der Waals surface area contributed by atoms with Crippen LogP contribution in [0.25, 0.3) is 0 Å². The molecule has 4 N–H and O–H groups in total. The molecule has 1 rings (SSSR count). The van der Waals surface area contributed by atoms with Crippen LogP contribution in [0.4, 0.5) is 0 Å². The summed E-state index contributed by atoms with van der Waals surface area (Å²) in [5.41, 5.74) is 5.20. The van der Waals surface area contributed by atoms with Crippen molar-refractivity contribution < 1.29 is 14.7 Å². The number of hydrogen-bond acceptors (Lipinski definition) is 4. The lowest BCUT2D eigenvalue weighted by Crippen LogP contribution is -2.40. The molecule has 18 heavy (non-hydrogen) atoms. The zero-order valence-electron chi connectivity index (χ0n) is 10.4. The monoisotopic (exact) mass is 251 g/mol. The summed E-state index contributed by atoms with van der Waals surface area (Å²) in [6.07, 6.45) is 0. The number of nitrogens with one attached hydrogen (secondary N) is 1. The van der Waals surface area contributed by atoms with Gasteiger partial charge in [0, 0.05) is 13.1 Å². The number of carbonyl (C=O) groups is 2. The molecule has 0 aliphatic rings. The quantitative estimate of drug-likeness (QED) is 0.678. The SMILES string of the molecule is CC(C)(CNCc1cccc(C(=O)O)n1)C(N)=O. The minimum atomic E-state index is -1.06. The number of carboxylic acids is 1. The molecule has 6 nitrogen and oxygen atoms in total. The minimum absolute atomic E-state index is 0.00321. The van der Waals surface area contributed by atoms with Crippen LogP contribution in [0.5, 0.6) is 0 Å². The average Bonchev–Trinajstić information content (AvgIpc) is 2.29. The van der Waals surface area contributed by atoms with Gasteiger partial charge in [0.1, 0.15) is 5.69 Å². The van der Waals surface area contributed by atoms with Gasteiger partial charge >= 0.3 is 5.97 Å². The Morgan fingerprint density at radius 1 is 1.44 bits per heavy atom. The molecule has 0 bridgehead atoms. The van der Waals surface area contributed by atoms with Crippen LogP contribution >= 0.6 is 0 Å². The molecule has 0 radical (unpaired) electrons. The van der Waals surface area contributed by atoms with E-state index in [1.807, 2.05) is 0 Å². The fourth-order valence-corrected chi connectivity index (χ4v) is 1.29. The summed E-state index contributed by atoms with van der Waals surface area (Å²) < 4.78 is 0. The molecular weight excluding hydrogens is 234 g/mol. The lowest BCUT2D eigenvalue weighted by Gasteiger charge is -2.20. The maximum atomic E-state index is 11.1. The Bertz CT molecular complexity index is 458. The highest BCUT2D eigenvalue weighted by Gasteiger charge is 2.24. The molecule has 1 amide bonds. The number of amides is 1. The van der Waals surface area contributed by atoms with Crippen molar-refractivity contribution in [3.8, 4) is 0 Å². The van der Waals surface area contributed by atoms with Gasteiger partial charge in [-0.25, -0.2) is 9.78 Å². The normalized spacial score (nSPS) is 11.2. The van der Waals surface area contributed by atoms with Gasteiger partial charge < -0.3 is 16.2 Å². The molecule has 0 aromatic carbocycles. The predicted octanol–water partition coefficient (Wildman–Crippen LogP) is 0.381. The molecule has 1 heterocycles. The number of pyridine rings is 1. The largest absolute Gasteiger partial charge is 0.477 e. The van der Waals surface area contributed by atoms with Gasteiger partial charge in [0.2, 0.25) is 5.91 Å². The smallest absolute Gasteiger partial charge is 0.354 e. The molecule has 1 aromatic heterocycles. The second-order valence-corrected chi connectivity index (χ2v) is 4.67. The van der Waals surface area contributed by atoms with Crippen LogP contribution in [0, 0.1) is 5.41 Å². The predicted molar refractivity (Wildman–Crippen MR) is 65.9 cm³/mol. The summed E-state index contributed by atoms with van der Waals surface area (Å²) in [4.78, 5) is 25.8. The molecule has 98 valence electrons. The van der Waals surface area contributed by atoms with Crippen LogP contribution in [0.3, 0.4) is 0 Å².